The Kier molecular flexibility index (Phi) is 5.75. The average Bonchev–Trinajstić information content (AvgIpc) is 3.02. The number of hydrogen-bond acceptors (Lipinski definition) is 4. The van der Waals surface area contributed by atoms with E-state index < -0.39 is 5.54 Å². The number of carbonyl (C=O) groups excluding carboxylic acids is 2. The number of aryl methyl sites for hydroxylation is 2. The summed E-state index contributed by atoms with van der Waals surface area (Å²) in [7, 11) is 5.27. The molecule has 2 atom stereocenters. The van der Waals surface area contributed by atoms with E-state index in [9.17, 15) is 9.59 Å². The van der Waals surface area contributed by atoms with Crippen LogP contribution in [0.5, 0.6) is 5.75 Å². The fourth-order valence-electron chi connectivity index (χ4n) is 5.18. The molecule has 1 spiro atoms. The summed E-state index contributed by atoms with van der Waals surface area (Å²) >= 11 is 0. The van der Waals surface area contributed by atoms with Crippen molar-refractivity contribution in [2.45, 2.75) is 31.8 Å². The maximum Gasteiger partial charge on any atom is 0.252 e. The number of ether oxygens (including phenoxy) is 1. The molecule has 0 unspecified atom stereocenters. The van der Waals surface area contributed by atoms with Gasteiger partial charge in [0.1, 0.15) is 5.75 Å². The first kappa shape index (κ1) is 21.4. The molecule has 164 valence electrons. The van der Waals surface area contributed by atoms with Gasteiger partial charge in [-0.2, -0.15) is 0 Å². The topological polar surface area (TPSA) is 61.9 Å². The van der Waals surface area contributed by atoms with Crippen molar-refractivity contribution in [3.05, 3.63) is 64.7 Å². The standard InChI is InChI=1S/C25H31N3O3/c1-17-8-7-10-19(22(17)31-4)14-28-15-21(24(30)27(2)3)25(16-28)13-12-18-9-5-6-11-20(18)23(29)26-25/h5-11,21H,12-16H2,1-4H3,(H,26,29)/t21-,25+/m1/s1. The van der Waals surface area contributed by atoms with Gasteiger partial charge in [0.25, 0.3) is 5.91 Å². The number of amides is 2. The molecular formula is C25H31N3O3. The summed E-state index contributed by atoms with van der Waals surface area (Å²) in [4.78, 5) is 30.3. The molecular weight excluding hydrogens is 390 g/mol. The van der Waals surface area contributed by atoms with Crippen molar-refractivity contribution in [1.29, 1.82) is 0 Å². The normalized spacial score (nSPS) is 23.2. The van der Waals surface area contributed by atoms with Crippen molar-refractivity contribution in [2.24, 2.45) is 5.92 Å². The van der Waals surface area contributed by atoms with Gasteiger partial charge in [-0.25, -0.2) is 0 Å². The number of para-hydroxylation sites is 1. The van der Waals surface area contributed by atoms with Crippen molar-refractivity contribution in [3.8, 4) is 5.75 Å². The molecule has 0 bridgehead atoms. The first-order valence-electron chi connectivity index (χ1n) is 10.8. The van der Waals surface area contributed by atoms with Crippen LogP contribution in [0.2, 0.25) is 0 Å². The van der Waals surface area contributed by atoms with Crippen LogP contribution in [-0.2, 0) is 17.8 Å². The van der Waals surface area contributed by atoms with Gasteiger partial charge in [-0.05, 0) is 37.0 Å². The number of likely N-dealkylation sites (tertiary alicyclic amines) is 1. The molecule has 1 saturated heterocycles. The van der Waals surface area contributed by atoms with Crippen LogP contribution >= 0.6 is 0 Å². The summed E-state index contributed by atoms with van der Waals surface area (Å²) in [6.45, 7) is 3.94. The summed E-state index contributed by atoms with van der Waals surface area (Å²) in [5.41, 5.74) is 3.36. The van der Waals surface area contributed by atoms with E-state index in [0.717, 1.165) is 35.3 Å². The van der Waals surface area contributed by atoms with E-state index in [1.54, 1.807) is 26.1 Å². The highest BCUT2D eigenvalue weighted by atomic mass is 16.5. The fraction of sp³-hybridized carbons (Fsp3) is 0.440. The first-order chi connectivity index (χ1) is 14.8. The molecule has 6 nitrogen and oxygen atoms in total. The number of carbonyl (C=O) groups is 2. The molecule has 2 amide bonds. The lowest BCUT2D eigenvalue weighted by Gasteiger charge is -2.35. The zero-order chi connectivity index (χ0) is 22.2. The SMILES string of the molecule is COc1c(C)cccc1CN1C[C@H](C(=O)N(C)C)[C@]2(CCc3ccccc3C(=O)N2)C1. The second-order valence-electron chi connectivity index (χ2n) is 8.99. The van der Waals surface area contributed by atoms with Crippen molar-refractivity contribution < 1.29 is 14.3 Å². The lowest BCUT2D eigenvalue weighted by atomic mass is 9.81. The van der Waals surface area contributed by atoms with Crippen LogP contribution in [0.4, 0.5) is 0 Å². The largest absolute Gasteiger partial charge is 0.496 e. The van der Waals surface area contributed by atoms with Crippen molar-refractivity contribution >= 4 is 11.8 Å². The van der Waals surface area contributed by atoms with E-state index in [2.05, 4.69) is 16.3 Å². The van der Waals surface area contributed by atoms with Gasteiger partial charge in [0.05, 0.1) is 18.6 Å². The molecule has 2 heterocycles. The summed E-state index contributed by atoms with van der Waals surface area (Å²) in [5.74, 6) is 0.567. The highest BCUT2D eigenvalue weighted by Crippen LogP contribution is 2.37. The Morgan fingerprint density at radius 1 is 1.23 bits per heavy atom. The number of benzene rings is 2. The molecule has 2 aromatic carbocycles. The lowest BCUT2D eigenvalue weighted by molar-refractivity contribution is -0.134. The van der Waals surface area contributed by atoms with E-state index in [-0.39, 0.29) is 17.7 Å². The molecule has 2 aliphatic heterocycles. The van der Waals surface area contributed by atoms with Gasteiger partial charge in [-0.3, -0.25) is 14.5 Å². The number of nitrogens with one attached hydrogen (secondary N) is 1. The second-order valence-corrected chi connectivity index (χ2v) is 8.99. The van der Waals surface area contributed by atoms with Crippen LogP contribution < -0.4 is 10.1 Å². The Morgan fingerprint density at radius 3 is 2.74 bits per heavy atom. The second kappa shape index (κ2) is 8.35. The third-order valence-electron chi connectivity index (χ3n) is 6.71. The van der Waals surface area contributed by atoms with Crippen molar-refractivity contribution in [1.82, 2.24) is 15.1 Å². The molecule has 0 aliphatic carbocycles. The average molecular weight is 422 g/mol. The van der Waals surface area contributed by atoms with Crippen LogP contribution in [0.15, 0.2) is 42.5 Å². The Labute approximate surface area is 184 Å². The molecule has 1 fully saturated rings. The van der Waals surface area contributed by atoms with Crippen molar-refractivity contribution in [2.75, 3.05) is 34.3 Å². The number of nitrogens with zero attached hydrogens (tertiary/aromatic N) is 2. The van der Waals surface area contributed by atoms with E-state index in [4.69, 9.17) is 4.74 Å². The highest BCUT2D eigenvalue weighted by molar-refractivity contribution is 5.97. The quantitative estimate of drug-likeness (QED) is 0.825. The lowest BCUT2D eigenvalue weighted by Crippen LogP contribution is -2.57. The Hall–Kier alpha value is -2.86. The fourth-order valence-corrected chi connectivity index (χ4v) is 5.18. The number of fused-ring (bicyclic) bond motifs is 1. The van der Waals surface area contributed by atoms with Gasteiger partial charge in [0.15, 0.2) is 0 Å². The van der Waals surface area contributed by atoms with Crippen LogP contribution in [0.25, 0.3) is 0 Å². The van der Waals surface area contributed by atoms with E-state index >= 15 is 0 Å². The molecule has 2 aliphatic rings. The van der Waals surface area contributed by atoms with Gasteiger partial charge in [0, 0.05) is 44.9 Å². The maximum atomic E-state index is 13.2. The third-order valence-corrected chi connectivity index (χ3v) is 6.71. The number of methoxy groups -OCH3 is 1. The minimum absolute atomic E-state index is 0.0602. The van der Waals surface area contributed by atoms with E-state index in [0.29, 0.717) is 25.2 Å². The zero-order valence-corrected chi connectivity index (χ0v) is 18.8. The minimum atomic E-state index is -0.589. The molecule has 2 aromatic rings. The summed E-state index contributed by atoms with van der Waals surface area (Å²) in [5, 5.41) is 3.29. The first-order valence-corrected chi connectivity index (χ1v) is 10.8. The monoisotopic (exact) mass is 421 g/mol. The van der Waals surface area contributed by atoms with Crippen molar-refractivity contribution in [3.63, 3.8) is 0 Å². The van der Waals surface area contributed by atoms with Crippen LogP contribution in [0.1, 0.15) is 33.5 Å². The molecule has 0 aromatic heterocycles. The minimum Gasteiger partial charge on any atom is -0.496 e. The van der Waals surface area contributed by atoms with Gasteiger partial charge in [0.2, 0.25) is 5.91 Å². The highest BCUT2D eigenvalue weighted by Gasteiger charge is 2.52. The molecule has 1 N–H and O–H groups in total. The molecule has 4 rings (SSSR count). The smallest absolute Gasteiger partial charge is 0.252 e. The predicted octanol–water partition coefficient (Wildman–Crippen LogP) is 2.64. The molecule has 0 saturated carbocycles. The van der Waals surface area contributed by atoms with Crippen LogP contribution in [0, 0.1) is 12.8 Å². The summed E-state index contributed by atoms with van der Waals surface area (Å²) in [6.07, 6.45) is 1.51. The Balaban J connectivity index is 1.66. The zero-order valence-electron chi connectivity index (χ0n) is 18.8. The molecule has 31 heavy (non-hydrogen) atoms. The van der Waals surface area contributed by atoms with Gasteiger partial charge in [-0.1, -0.05) is 36.4 Å². The summed E-state index contributed by atoms with van der Waals surface area (Å²) < 4.78 is 5.64. The summed E-state index contributed by atoms with van der Waals surface area (Å²) in [6, 6.07) is 13.9. The van der Waals surface area contributed by atoms with E-state index in [1.165, 1.54) is 0 Å². The predicted molar refractivity (Wildman–Crippen MR) is 120 cm³/mol. The van der Waals surface area contributed by atoms with Crippen LogP contribution in [-0.4, -0.2) is 61.4 Å². The van der Waals surface area contributed by atoms with Gasteiger partial charge in [-0.15, -0.1) is 0 Å². The third kappa shape index (κ3) is 3.92. The molecule has 6 heteroatoms. The number of rotatable bonds is 4. The molecule has 0 radical (unpaired) electrons. The van der Waals surface area contributed by atoms with Gasteiger partial charge >= 0.3 is 0 Å². The van der Waals surface area contributed by atoms with E-state index in [1.807, 2.05) is 43.3 Å². The van der Waals surface area contributed by atoms with Gasteiger partial charge < -0.3 is 15.0 Å². The Morgan fingerprint density at radius 2 is 2.00 bits per heavy atom. The Bertz CT molecular complexity index is 1000. The van der Waals surface area contributed by atoms with Crippen LogP contribution in [0.3, 0.4) is 0 Å². The number of hydrogen-bond donors (Lipinski definition) is 1. The maximum absolute atomic E-state index is 13.2.